The van der Waals surface area contributed by atoms with Gasteiger partial charge in [-0.2, -0.15) is 5.10 Å². The smallest absolute Gasteiger partial charge is 0.272 e. The first-order valence-electron chi connectivity index (χ1n) is 7.24. The highest BCUT2D eigenvalue weighted by atomic mass is 35.5. The van der Waals surface area contributed by atoms with Gasteiger partial charge in [0.05, 0.1) is 11.8 Å². The first-order chi connectivity index (χ1) is 11.6. The Morgan fingerprint density at radius 2 is 2.12 bits per heavy atom. The van der Waals surface area contributed by atoms with E-state index in [-0.39, 0.29) is 5.91 Å². The molecule has 1 N–H and O–H groups in total. The lowest BCUT2D eigenvalue weighted by Crippen LogP contribution is -2.17. The van der Waals surface area contributed by atoms with Crippen LogP contribution in [0.4, 0.5) is 0 Å². The monoisotopic (exact) mass is 339 g/mol. The van der Waals surface area contributed by atoms with Gasteiger partial charge >= 0.3 is 0 Å². The summed E-state index contributed by atoms with van der Waals surface area (Å²) < 4.78 is 5.72. The molecule has 0 unspecified atom stereocenters. The summed E-state index contributed by atoms with van der Waals surface area (Å²) in [5, 5.41) is 4.58. The maximum atomic E-state index is 11.8. The van der Waals surface area contributed by atoms with Gasteiger partial charge in [-0.1, -0.05) is 23.7 Å². The molecule has 0 fully saturated rings. The van der Waals surface area contributed by atoms with E-state index in [1.165, 1.54) is 12.4 Å². The average Bonchev–Trinajstić information content (AvgIpc) is 3.06. The molecule has 24 heavy (non-hydrogen) atoms. The number of benzene rings is 1. The van der Waals surface area contributed by atoms with Crippen molar-refractivity contribution in [2.45, 2.75) is 6.92 Å². The van der Waals surface area contributed by atoms with Gasteiger partial charge in [0.1, 0.15) is 11.5 Å². The van der Waals surface area contributed by atoms with E-state index in [4.69, 9.17) is 16.0 Å². The van der Waals surface area contributed by atoms with Crippen molar-refractivity contribution >= 4 is 23.7 Å². The van der Waals surface area contributed by atoms with Gasteiger partial charge in [0.2, 0.25) is 0 Å². The van der Waals surface area contributed by atoms with Crippen LogP contribution in [0.25, 0.3) is 11.3 Å². The van der Waals surface area contributed by atoms with E-state index < -0.39 is 0 Å². The van der Waals surface area contributed by atoms with Crippen molar-refractivity contribution in [3.8, 4) is 11.3 Å². The molecule has 0 saturated carbocycles. The summed E-state index contributed by atoms with van der Waals surface area (Å²) in [5.41, 5.74) is 4.73. The molecule has 0 radical (unpaired) electrons. The Bertz CT molecular complexity index is 888. The van der Waals surface area contributed by atoms with E-state index in [9.17, 15) is 4.79 Å². The molecule has 0 atom stereocenters. The third kappa shape index (κ3) is 3.52. The third-order valence-corrected chi connectivity index (χ3v) is 3.85. The first kappa shape index (κ1) is 16.0. The zero-order valence-corrected chi connectivity index (χ0v) is 13.6. The lowest BCUT2D eigenvalue weighted by Gasteiger charge is -2.03. The summed E-state index contributed by atoms with van der Waals surface area (Å²) in [4.78, 5) is 15.7. The second kappa shape index (κ2) is 7.10. The van der Waals surface area contributed by atoms with Crippen molar-refractivity contribution in [2.75, 3.05) is 0 Å². The summed E-state index contributed by atoms with van der Waals surface area (Å²) >= 11 is 6.13. The summed E-state index contributed by atoms with van der Waals surface area (Å²) in [5.74, 6) is 0.878. The maximum Gasteiger partial charge on any atom is 0.272 e. The quantitative estimate of drug-likeness (QED) is 0.575. The van der Waals surface area contributed by atoms with Crippen molar-refractivity contribution in [3.63, 3.8) is 0 Å². The number of furan rings is 1. The molecule has 1 aromatic carbocycles. The van der Waals surface area contributed by atoms with Gasteiger partial charge in [0.25, 0.3) is 5.91 Å². The van der Waals surface area contributed by atoms with Gasteiger partial charge < -0.3 is 4.42 Å². The molecule has 3 aromatic rings. The van der Waals surface area contributed by atoms with Gasteiger partial charge in [-0.3, -0.25) is 9.78 Å². The van der Waals surface area contributed by atoms with Crippen LogP contribution in [0.15, 0.2) is 64.4 Å². The van der Waals surface area contributed by atoms with Gasteiger partial charge in [-0.25, -0.2) is 5.43 Å². The van der Waals surface area contributed by atoms with Crippen molar-refractivity contribution in [1.82, 2.24) is 10.4 Å². The molecule has 5 nitrogen and oxygen atoms in total. The van der Waals surface area contributed by atoms with Crippen LogP contribution >= 0.6 is 11.6 Å². The Morgan fingerprint density at radius 3 is 2.92 bits per heavy atom. The molecule has 0 aliphatic rings. The van der Waals surface area contributed by atoms with E-state index in [1.54, 1.807) is 24.4 Å². The van der Waals surface area contributed by atoms with Crippen LogP contribution < -0.4 is 5.43 Å². The Morgan fingerprint density at radius 1 is 1.25 bits per heavy atom. The number of hydrogen-bond donors (Lipinski definition) is 1. The number of rotatable bonds is 4. The second-order valence-electron chi connectivity index (χ2n) is 5.06. The van der Waals surface area contributed by atoms with E-state index in [1.807, 2.05) is 31.2 Å². The molecule has 120 valence electrons. The molecule has 2 heterocycles. The second-order valence-corrected chi connectivity index (χ2v) is 5.46. The zero-order valence-electron chi connectivity index (χ0n) is 12.9. The molecule has 0 aliphatic heterocycles. The summed E-state index contributed by atoms with van der Waals surface area (Å²) in [6.07, 6.45) is 4.51. The standard InChI is InChI=1S/C18H14ClN3O2/c1-12-15(5-2-6-16(12)19)17-8-7-14(24-17)11-21-22-18(23)13-4-3-9-20-10-13/h2-11H,1H3,(H,22,23)/b21-11-. The highest BCUT2D eigenvalue weighted by Crippen LogP contribution is 2.29. The number of hydrogen-bond acceptors (Lipinski definition) is 4. The molecular formula is C18H14ClN3O2. The minimum atomic E-state index is -0.336. The number of carbonyl (C=O) groups excluding carboxylic acids is 1. The van der Waals surface area contributed by atoms with E-state index >= 15 is 0 Å². The number of hydrazone groups is 1. The maximum absolute atomic E-state index is 11.8. The zero-order chi connectivity index (χ0) is 16.9. The van der Waals surface area contributed by atoms with Crippen LogP contribution in [0.5, 0.6) is 0 Å². The van der Waals surface area contributed by atoms with Crippen molar-refractivity contribution in [3.05, 3.63) is 76.8 Å². The lowest BCUT2D eigenvalue weighted by atomic mass is 10.1. The predicted octanol–water partition coefficient (Wildman–Crippen LogP) is 4.07. The number of carbonyl (C=O) groups is 1. The molecule has 0 bridgehead atoms. The average molecular weight is 340 g/mol. The normalized spacial score (nSPS) is 10.9. The van der Waals surface area contributed by atoms with Crippen molar-refractivity contribution in [2.24, 2.45) is 5.10 Å². The molecular weight excluding hydrogens is 326 g/mol. The number of nitrogens with zero attached hydrogens (tertiary/aromatic N) is 2. The Kier molecular flexibility index (Phi) is 4.72. The number of nitrogens with one attached hydrogen (secondary N) is 1. The molecule has 0 saturated heterocycles. The fraction of sp³-hybridized carbons (Fsp3) is 0.0556. The fourth-order valence-electron chi connectivity index (χ4n) is 2.16. The number of aromatic nitrogens is 1. The molecule has 3 rings (SSSR count). The highest BCUT2D eigenvalue weighted by Gasteiger charge is 2.09. The summed E-state index contributed by atoms with van der Waals surface area (Å²) in [7, 11) is 0. The Labute approximate surface area is 144 Å². The summed E-state index contributed by atoms with van der Waals surface area (Å²) in [6.45, 7) is 1.93. The van der Waals surface area contributed by atoms with Gasteiger partial charge in [0, 0.05) is 23.0 Å². The minimum absolute atomic E-state index is 0.336. The Balaban J connectivity index is 1.70. The largest absolute Gasteiger partial charge is 0.455 e. The number of amides is 1. The lowest BCUT2D eigenvalue weighted by molar-refractivity contribution is 0.0955. The third-order valence-electron chi connectivity index (χ3n) is 3.44. The van der Waals surface area contributed by atoms with Crippen LogP contribution in [-0.4, -0.2) is 17.1 Å². The number of halogens is 1. The van der Waals surface area contributed by atoms with Crippen LogP contribution in [0, 0.1) is 6.92 Å². The fourth-order valence-corrected chi connectivity index (χ4v) is 2.33. The molecule has 1 amide bonds. The van der Waals surface area contributed by atoms with Crippen LogP contribution in [0.1, 0.15) is 21.7 Å². The summed E-state index contributed by atoms with van der Waals surface area (Å²) in [6, 6.07) is 12.6. The SMILES string of the molecule is Cc1c(Cl)cccc1-c1ccc(/C=N\NC(=O)c2cccnc2)o1. The van der Waals surface area contributed by atoms with E-state index in [0.29, 0.717) is 22.1 Å². The number of pyridine rings is 1. The topological polar surface area (TPSA) is 67.5 Å². The molecule has 0 aliphatic carbocycles. The predicted molar refractivity (Wildman–Crippen MR) is 93.2 cm³/mol. The van der Waals surface area contributed by atoms with E-state index in [2.05, 4.69) is 15.5 Å². The Hall–Kier alpha value is -2.92. The van der Waals surface area contributed by atoms with Crippen LogP contribution in [0.3, 0.4) is 0 Å². The first-order valence-corrected chi connectivity index (χ1v) is 7.61. The molecule has 6 heteroatoms. The minimum Gasteiger partial charge on any atom is -0.455 e. The van der Waals surface area contributed by atoms with Gasteiger partial charge in [0.15, 0.2) is 0 Å². The van der Waals surface area contributed by atoms with E-state index in [0.717, 1.165) is 11.1 Å². The molecule has 2 aromatic heterocycles. The molecule has 0 spiro atoms. The van der Waals surface area contributed by atoms with Crippen LogP contribution in [0.2, 0.25) is 5.02 Å². The van der Waals surface area contributed by atoms with Crippen LogP contribution in [-0.2, 0) is 0 Å². The highest BCUT2D eigenvalue weighted by molar-refractivity contribution is 6.31. The van der Waals surface area contributed by atoms with Crippen molar-refractivity contribution in [1.29, 1.82) is 0 Å². The van der Waals surface area contributed by atoms with Crippen molar-refractivity contribution < 1.29 is 9.21 Å². The van der Waals surface area contributed by atoms with Gasteiger partial charge in [-0.05, 0) is 42.8 Å². The van der Waals surface area contributed by atoms with Gasteiger partial charge in [-0.15, -0.1) is 0 Å².